The topological polar surface area (TPSA) is 96.4 Å². The number of ketones is 1. The summed E-state index contributed by atoms with van der Waals surface area (Å²) >= 11 is 0. The van der Waals surface area contributed by atoms with Crippen LogP contribution in [0.2, 0.25) is 0 Å². The normalized spacial score (nSPS) is 24.4. The smallest absolute Gasteiger partial charge is 0.296 e. The number of anilines is 1. The number of Topliss-reactive ketones (excluding diaryl/α,β-unsaturated/α-hetero) is 1. The molecule has 0 bridgehead atoms. The minimum absolute atomic E-state index is 0.0896. The number of rotatable bonds is 8. The Kier molecular flexibility index (Phi) is 6.77. The summed E-state index contributed by atoms with van der Waals surface area (Å²) < 4.78 is 11.3. The zero-order valence-corrected chi connectivity index (χ0v) is 21.2. The summed E-state index contributed by atoms with van der Waals surface area (Å²) in [5.74, 6) is -1.84. The summed E-state index contributed by atoms with van der Waals surface area (Å²) in [6.45, 7) is 5.50. The molecule has 8 heteroatoms. The highest BCUT2D eigenvalue weighted by Gasteiger charge is 2.67. The number of aliphatic hydroxyl groups excluding tert-OH is 1. The molecule has 2 aromatic rings. The van der Waals surface area contributed by atoms with Gasteiger partial charge in [-0.1, -0.05) is 31.5 Å². The molecule has 0 radical (unpaired) electrons. The van der Waals surface area contributed by atoms with Crippen LogP contribution in [-0.4, -0.2) is 60.0 Å². The van der Waals surface area contributed by atoms with Crippen molar-refractivity contribution >= 4 is 29.0 Å². The van der Waals surface area contributed by atoms with Gasteiger partial charge in [-0.05, 0) is 56.5 Å². The second-order valence-electron chi connectivity index (χ2n) is 9.60. The fourth-order valence-corrected chi connectivity index (χ4v) is 5.67. The molecule has 194 valence electrons. The zero-order chi connectivity index (χ0) is 26.2. The van der Waals surface area contributed by atoms with Gasteiger partial charge in [-0.15, -0.1) is 0 Å². The van der Waals surface area contributed by atoms with E-state index in [9.17, 15) is 19.5 Å². The van der Waals surface area contributed by atoms with Gasteiger partial charge < -0.3 is 24.4 Å². The first-order chi connectivity index (χ1) is 17.9. The Balaban J connectivity index is 1.73. The maximum absolute atomic E-state index is 14.4. The first-order valence-electron chi connectivity index (χ1n) is 13.0. The van der Waals surface area contributed by atoms with Crippen LogP contribution in [0.5, 0.6) is 5.75 Å². The molecular weight excluding hydrogens is 472 g/mol. The molecule has 0 aromatic heterocycles. The van der Waals surface area contributed by atoms with E-state index in [1.54, 1.807) is 41.3 Å². The quantitative estimate of drug-likeness (QED) is 0.332. The standard InChI is InChI=1S/C29H32N2O6/c1-3-5-16-30-23-11-7-6-10-22(23)29(28(30)35)24(25(32)19-12-14-20(15-13-19)36-4-2)26(33)27(34)31(29)18-21-9-8-17-37-21/h6-7,10-15,21,32H,3-5,8-9,16-18H2,1-2H3/t21-,29+/m1/s1. The number of benzene rings is 2. The second-order valence-corrected chi connectivity index (χ2v) is 9.60. The Hall–Kier alpha value is -3.65. The van der Waals surface area contributed by atoms with Crippen LogP contribution in [0.1, 0.15) is 50.7 Å². The fourth-order valence-electron chi connectivity index (χ4n) is 5.67. The summed E-state index contributed by atoms with van der Waals surface area (Å²) in [4.78, 5) is 44.7. The molecule has 0 saturated carbocycles. The number of unbranched alkanes of at least 4 members (excludes halogenated alkanes) is 1. The van der Waals surface area contributed by atoms with E-state index in [0.717, 1.165) is 25.7 Å². The summed E-state index contributed by atoms with van der Waals surface area (Å²) in [5, 5.41) is 11.6. The Labute approximate surface area is 216 Å². The van der Waals surface area contributed by atoms with Crippen LogP contribution in [0, 0.1) is 0 Å². The van der Waals surface area contributed by atoms with Gasteiger partial charge in [-0.2, -0.15) is 0 Å². The van der Waals surface area contributed by atoms with Crippen LogP contribution in [0.15, 0.2) is 54.1 Å². The highest BCUT2D eigenvalue weighted by atomic mass is 16.5. The maximum Gasteiger partial charge on any atom is 0.296 e. The number of ether oxygens (including phenoxy) is 2. The molecule has 2 saturated heterocycles. The fraction of sp³-hybridized carbons (Fsp3) is 0.414. The number of nitrogens with zero attached hydrogens (tertiary/aromatic N) is 2. The monoisotopic (exact) mass is 504 g/mol. The number of carbonyl (C=O) groups excluding carboxylic acids is 3. The third kappa shape index (κ3) is 3.91. The van der Waals surface area contributed by atoms with E-state index in [4.69, 9.17) is 9.47 Å². The summed E-state index contributed by atoms with van der Waals surface area (Å²) in [5.41, 5.74) is -0.447. The molecule has 3 heterocycles. The molecule has 0 unspecified atom stereocenters. The Morgan fingerprint density at radius 1 is 1.11 bits per heavy atom. The van der Waals surface area contributed by atoms with Crippen molar-refractivity contribution in [2.75, 3.05) is 31.2 Å². The number of hydrogen-bond acceptors (Lipinski definition) is 6. The maximum atomic E-state index is 14.4. The highest BCUT2D eigenvalue weighted by Crippen LogP contribution is 2.54. The van der Waals surface area contributed by atoms with Crippen molar-refractivity contribution in [1.29, 1.82) is 0 Å². The summed E-state index contributed by atoms with van der Waals surface area (Å²) in [6.07, 6.45) is 2.92. The Bertz CT molecular complexity index is 1250. The van der Waals surface area contributed by atoms with Crippen molar-refractivity contribution in [3.8, 4) is 5.75 Å². The molecule has 1 N–H and O–H groups in total. The van der Waals surface area contributed by atoms with Crippen molar-refractivity contribution in [1.82, 2.24) is 4.90 Å². The first-order valence-corrected chi connectivity index (χ1v) is 13.0. The van der Waals surface area contributed by atoms with Crippen molar-refractivity contribution in [2.45, 2.75) is 51.2 Å². The summed E-state index contributed by atoms with van der Waals surface area (Å²) in [7, 11) is 0. The van der Waals surface area contributed by atoms with Crippen molar-refractivity contribution in [3.63, 3.8) is 0 Å². The molecule has 2 fully saturated rings. The lowest BCUT2D eigenvalue weighted by Crippen LogP contribution is -2.54. The third-order valence-electron chi connectivity index (χ3n) is 7.39. The molecule has 1 spiro atoms. The van der Waals surface area contributed by atoms with Gasteiger partial charge in [-0.25, -0.2) is 0 Å². The molecule has 0 aliphatic carbocycles. The number of amides is 2. The number of carbonyl (C=O) groups is 3. The molecule has 3 aliphatic heterocycles. The van der Waals surface area contributed by atoms with E-state index in [-0.39, 0.29) is 24.0 Å². The van der Waals surface area contributed by atoms with Crippen LogP contribution >= 0.6 is 0 Å². The van der Waals surface area contributed by atoms with Gasteiger partial charge in [0, 0.05) is 30.8 Å². The molecule has 3 aliphatic rings. The minimum Gasteiger partial charge on any atom is -0.507 e. The average molecular weight is 505 g/mol. The van der Waals surface area contributed by atoms with Crippen molar-refractivity contribution < 1.29 is 29.0 Å². The van der Waals surface area contributed by atoms with E-state index >= 15 is 0 Å². The van der Waals surface area contributed by atoms with Crippen LogP contribution in [0.4, 0.5) is 5.69 Å². The van der Waals surface area contributed by atoms with Crippen molar-refractivity contribution in [3.05, 3.63) is 65.2 Å². The molecule has 37 heavy (non-hydrogen) atoms. The lowest BCUT2D eigenvalue weighted by Gasteiger charge is -2.35. The minimum atomic E-state index is -1.76. The number of hydrogen-bond donors (Lipinski definition) is 1. The molecule has 2 atom stereocenters. The van der Waals surface area contributed by atoms with Gasteiger partial charge in [0.05, 0.1) is 24.0 Å². The Morgan fingerprint density at radius 2 is 1.86 bits per heavy atom. The molecule has 5 rings (SSSR count). The summed E-state index contributed by atoms with van der Waals surface area (Å²) in [6, 6.07) is 13.9. The number of fused-ring (bicyclic) bond motifs is 2. The molecular formula is C29H32N2O6. The van der Waals surface area contributed by atoms with Crippen molar-refractivity contribution in [2.24, 2.45) is 0 Å². The Morgan fingerprint density at radius 3 is 2.54 bits per heavy atom. The number of aliphatic hydroxyl groups is 1. The lowest BCUT2D eigenvalue weighted by atomic mass is 9.81. The largest absolute Gasteiger partial charge is 0.507 e. The number of para-hydroxylation sites is 1. The highest BCUT2D eigenvalue weighted by molar-refractivity contribution is 6.50. The van der Waals surface area contributed by atoms with E-state index < -0.39 is 23.1 Å². The SMILES string of the molecule is CCCCN1C(=O)[C@@]2(C(=C(O)c3ccc(OCC)cc3)C(=O)C(=O)N2C[C@H]2CCCO2)c2ccccc21. The van der Waals surface area contributed by atoms with Crippen LogP contribution in [0.3, 0.4) is 0 Å². The third-order valence-corrected chi connectivity index (χ3v) is 7.39. The average Bonchev–Trinajstić information content (AvgIpc) is 3.57. The van der Waals surface area contributed by atoms with E-state index in [2.05, 4.69) is 0 Å². The number of likely N-dealkylation sites (tertiary alicyclic amines) is 1. The van der Waals surface area contributed by atoms with Gasteiger partial charge >= 0.3 is 0 Å². The van der Waals surface area contributed by atoms with E-state index in [1.165, 1.54) is 4.90 Å². The van der Waals surface area contributed by atoms with Gasteiger partial charge in [-0.3, -0.25) is 14.4 Å². The van der Waals surface area contributed by atoms with Gasteiger partial charge in [0.2, 0.25) is 0 Å². The molecule has 2 amide bonds. The predicted octanol–water partition coefficient (Wildman–Crippen LogP) is 3.99. The van der Waals surface area contributed by atoms with Crippen LogP contribution < -0.4 is 9.64 Å². The van der Waals surface area contributed by atoms with E-state index in [1.807, 2.05) is 26.0 Å². The predicted molar refractivity (Wildman–Crippen MR) is 138 cm³/mol. The first kappa shape index (κ1) is 25.0. The molecule has 8 nitrogen and oxygen atoms in total. The van der Waals surface area contributed by atoms with Gasteiger partial charge in [0.15, 0.2) is 5.54 Å². The van der Waals surface area contributed by atoms with Gasteiger partial charge in [0.25, 0.3) is 17.6 Å². The molecule has 2 aromatic carbocycles. The van der Waals surface area contributed by atoms with Crippen LogP contribution in [-0.2, 0) is 24.7 Å². The zero-order valence-electron chi connectivity index (χ0n) is 21.2. The van der Waals surface area contributed by atoms with E-state index in [0.29, 0.717) is 42.3 Å². The lowest BCUT2D eigenvalue weighted by molar-refractivity contribution is -0.145. The van der Waals surface area contributed by atoms with Gasteiger partial charge in [0.1, 0.15) is 11.5 Å². The van der Waals surface area contributed by atoms with Crippen LogP contribution in [0.25, 0.3) is 5.76 Å². The second kappa shape index (κ2) is 10.0.